The zero-order chi connectivity index (χ0) is 13.7. The van der Waals surface area contributed by atoms with Gasteiger partial charge < -0.3 is 15.0 Å². The van der Waals surface area contributed by atoms with Crippen LogP contribution < -0.4 is 15.0 Å². The highest BCUT2D eigenvalue weighted by molar-refractivity contribution is 5.48. The molecule has 0 amide bonds. The first-order valence-electron chi connectivity index (χ1n) is 7.08. The highest BCUT2D eigenvalue weighted by atomic mass is 16.5. The summed E-state index contributed by atoms with van der Waals surface area (Å²) in [5.41, 5.74) is 1.47. The molecule has 2 heterocycles. The molecule has 0 atom stereocenters. The predicted octanol–water partition coefficient (Wildman–Crippen LogP) is 2.31. The van der Waals surface area contributed by atoms with Crippen molar-refractivity contribution in [3.63, 3.8) is 0 Å². The van der Waals surface area contributed by atoms with Crippen LogP contribution in [0, 0.1) is 5.41 Å². The van der Waals surface area contributed by atoms with Gasteiger partial charge in [0.1, 0.15) is 5.75 Å². The molecule has 4 heteroatoms. The standard InChI is InChI=1S/C15H25N3O/c1-15(2,3)4-9-19-14-10-13(11-17-12-14)18-7-5-16-6-8-18/h10-12,16H,4-9H2,1-3H3. The van der Waals surface area contributed by atoms with Gasteiger partial charge in [-0.25, -0.2) is 0 Å². The molecule has 0 radical (unpaired) electrons. The minimum atomic E-state index is 0.309. The maximum Gasteiger partial charge on any atom is 0.139 e. The molecule has 1 saturated heterocycles. The molecule has 1 aliphatic rings. The van der Waals surface area contributed by atoms with E-state index < -0.39 is 0 Å². The smallest absolute Gasteiger partial charge is 0.139 e. The van der Waals surface area contributed by atoms with E-state index in [0.717, 1.165) is 50.6 Å². The summed E-state index contributed by atoms with van der Waals surface area (Å²) in [7, 11) is 0. The van der Waals surface area contributed by atoms with Crippen molar-refractivity contribution in [1.82, 2.24) is 10.3 Å². The summed E-state index contributed by atoms with van der Waals surface area (Å²) < 4.78 is 5.81. The van der Waals surface area contributed by atoms with Crippen LogP contribution in [0.5, 0.6) is 5.75 Å². The lowest BCUT2D eigenvalue weighted by molar-refractivity contribution is 0.242. The number of hydrogen-bond donors (Lipinski definition) is 1. The first kappa shape index (κ1) is 14.1. The molecule has 4 nitrogen and oxygen atoms in total. The van der Waals surface area contributed by atoms with Crippen LogP contribution >= 0.6 is 0 Å². The van der Waals surface area contributed by atoms with Gasteiger partial charge in [-0.1, -0.05) is 20.8 Å². The fourth-order valence-electron chi connectivity index (χ4n) is 2.06. The third-order valence-corrected chi connectivity index (χ3v) is 3.30. The molecule has 19 heavy (non-hydrogen) atoms. The van der Waals surface area contributed by atoms with Gasteiger partial charge in [0.25, 0.3) is 0 Å². The van der Waals surface area contributed by atoms with E-state index in [1.165, 1.54) is 0 Å². The second-order valence-electron chi connectivity index (χ2n) is 6.28. The van der Waals surface area contributed by atoms with Gasteiger partial charge >= 0.3 is 0 Å². The second kappa shape index (κ2) is 6.24. The SMILES string of the molecule is CC(C)(C)CCOc1cncc(N2CCNCC2)c1. The fraction of sp³-hybridized carbons (Fsp3) is 0.667. The Morgan fingerprint density at radius 1 is 1.26 bits per heavy atom. The third-order valence-electron chi connectivity index (χ3n) is 3.30. The summed E-state index contributed by atoms with van der Waals surface area (Å²) in [5, 5.41) is 3.36. The Morgan fingerprint density at radius 2 is 2.00 bits per heavy atom. The molecular weight excluding hydrogens is 238 g/mol. The number of hydrogen-bond acceptors (Lipinski definition) is 4. The Hall–Kier alpha value is -1.29. The molecule has 1 N–H and O–H groups in total. The van der Waals surface area contributed by atoms with Gasteiger partial charge in [0, 0.05) is 32.2 Å². The number of piperazine rings is 1. The summed E-state index contributed by atoms with van der Waals surface area (Å²) in [4.78, 5) is 6.64. The number of pyridine rings is 1. The summed E-state index contributed by atoms with van der Waals surface area (Å²) in [6.45, 7) is 11.6. The molecule has 0 unspecified atom stereocenters. The topological polar surface area (TPSA) is 37.4 Å². The molecule has 0 aromatic carbocycles. The maximum absolute atomic E-state index is 5.81. The normalized spacial score (nSPS) is 16.5. The average Bonchev–Trinajstić information content (AvgIpc) is 2.39. The van der Waals surface area contributed by atoms with Gasteiger partial charge in [-0.15, -0.1) is 0 Å². The first-order chi connectivity index (χ1) is 9.04. The van der Waals surface area contributed by atoms with Gasteiger partial charge in [0.15, 0.2) is 0 Å². The number of nitrogens with zero attached hydrogens (tertiary/aromatic N) is 2. The van der Waals surface area contributed by atoms with Gasteiger partial charge in [0.2, 0.25) is 0 Å². The summed E-state index contributed by atoms with van der Waals surface area (Å²) >= 11 is 0. The zero-order valence-corrected chi connectivity index (χ0v) is 12.3. The molecule has 0 spiro atoms. The Kier molecular flexibility index (Phi) is 4.64. The van der Waals surface area contributed by atoms with Gasteiger partial charge in [-0.2, -0.15) is 0 Å². The fourth-order valence-corrected chi connectivity index (χ4v) is 2.06. The Balaban J connectivity index is 1.91. The van der Waals surface area contributed by atoms with Crippen molar-refractivity contribution < 1.29 is 4.74 Å². The molecule has 0 bridgehead atoms. The van der Waals surface area contributed by atoms with Crippen molar-refractivity contribution in [2.45, 2.75) is 27.2 Å². The summed E-state index contributed by atoms with van der Waals surface area (Å²) in [6, 6.07) is 2.10. The number of anilines is 1. The Labute approximate surface area is 116 Å². The van der Waals surface area contributed by atoms with E-state index in [9.17, 15) is 0 Å². The highest BCUT2D eigenvalue weighted by Gasteiger charge is 2.12. The largest absolute Gasteiger partial charge is 0.492 e. The number of ether oxygens (including phenoxy) is 1. The van der Waals surface area contributed by atoms with E-state index in [1.807, 2.05) is 6.20 Å². The van der Waals surface area contributed by atoms with E-state index in [4.69, 9.17) is 4.74 Å². The van der Waals surface area contributed by atoms with Crippen LogP contribution in [-0.4, -0.2) is 37.8 Å². The van der Waals surface area contributed by atoms with Crippen molar-refractivity contribution in [1.29, 1.82) is 0 Å². The molecule has 1 aromatic heterocycles. The maximum atomic E-state index is 5.81. The number of aromatic nitrogens is 1. The van der Waals surface area contributed by atoms with Crippen molar-refractivity contribution in [3.8, 4) is 5.75 Å². The van der Waals surface area contributed by atoms with Crippen molar-refractivity contribution >= 4 is 5.69 Å². The molecule has 1 aliphatic heterocycles. The van der Waals surface area contributed by atoms with Crippen LogP contribution in [-0.2, 0) is 0 Å². The summed E-state index contributed by atoms with van der Waals surface area (Å²) in [5.74, 6) is 0.875. The van der Waals surface area contributed by atoms with Crippen molar-refractivity contribution in [3.05, 3.63) is 18.5 Å². The van der Waals surface area contributed by atoms with Crippen molar-refractivity contribution in [2.75, 3.05) is 37.7 Å². The minimum Gasteiger partial charge on any atom is -0.492 e. The zero-order valence-electron chi connectivity index (χ0n) is 12.3. The third kappa shape index (κ3) is 4.71. The Bertz CT molecular complexity index is 395. The van der Waals surface area contributed by atoms with Crippen LogP contribution in [0.2, 0.25) is 0 Å². The number of rotatable bonds is 4. The molecule has 1 fully saturated rings. The van der Waals surface area contributed by atoms with Crippen LogP contribution in [0.4, 0.5) is 5.69 Å². The summed E-state index contributed by atoms with van der Waals surface area (Å²) in [6.07, 6.45) is 4.77. The quantitative estimate of drug-likeness (QED) is 0.904. The van der Waals surface area contributed by atoms with Crippen molar-refractivity contribution in [2.24, 2.45) is 5.41 Å². The molecular formula is C15H25N3O. The molecule has 106 valence electrons. The van der Waals surface area contributed by atoms with Gasteiger partial charge in [-0.3, -0.25) is 4.98 Å². The van der Waals surface area contributed by atoms with E-state index in [0.29, 0.717) is 5.41 Å². The second-order valence-corrected chi connectivity index (χ2v) is 6.28. The lowest BCUT2D eigenvalue weighted by atomic mass is 9.93. The van der Waals surface area contributed by atoms with Crippen LogP contribution in [0.1, 0.15) is 27.2 Å². The van der Waals surface area contributed by atoms with Crippen LogP contribution in [0.3, 0.4) is 0 Å². The average molecular weight is 263 g/mol. The van der Waals surface area contributed by atoms with E-state index in [1.54, 1.807) is 6.20 Å². The van der Waals surface area contributed by atoms with Crippen LogP contribution in [0.25, 0.3) is 0 Å². The van der Waals surface area contributed by atoms with Gasteiger partial charge in [-0.05, 0) is 11.8 Å². The number of nitrogens with one attached hydrogen (secondary N) is 1. The predicted molar refractivity (Wildman–Crippen MR) is 78.9 cm³/mol. The van der Waals surface area contributed by atoms with E-state index >= 15 is 0 Å². The Morgan fingerprint density at radius 3 is 2.68 bits per heavy atom. The van der Waals surface area contributed by atoms with E-state index in [2.05, 4.69) is 42.0 Å². The molecule has 2 rings (SSSR count). The lowest BCUT2D eigenvalue weighted by Crippen LogP contribution is -2.43. The minimum absolute atomic E-state index is 0.309. The molecule has 0 aliphatic carbocycles. The molecule has 1 aromatic rings. The first-order valence-corrected chi connectivity index (χ1v) is 7.08. The lowest BCUT2D eigenvalue weighted by Gasteiger charge is -2.29. The van der Waals surface area contributed by atoms with Crippen LogP contribution in [0.15, 0.2) is 18.5 Å². The van der Waals surface area contributed by atoms with Gasteiger partial charge in [0.05, 0.1) is 24.7 Å². The van der Waals surface area contributed by atoms with E-state index in [-0.39, 0.29) is 0 Å². The monoisotopic (exact) mass is 263 g/mol. The molecule has 0 saturated carbocycles. The highest BCUT2D eigenvalue weighted by Crippen LogP contribution is 2.22.